The maximum absolute atomic E-state index is 12.5. The lowest BCUT2D eigenvalue weighted by atomic mass is 9.95. The molecular weight excluding hydrogens is 292 g/mol. The lowest BCUT2D eigenvalue weighted by molar-refractivity contribution is -0.126. The summed E-state index contributed by atoms with van der Waals surface area (Å²) >= 11 is 0. The smallest absolute Gasteiger partial charge is 0.253 e. The summed E-state index contributed by atoms with van der Waals surface area (Å²) in [5.41, 5.74) is 0.632. The van der Waals surface area contributed by atoms with E-state index in [1.807, 2.05) is 17.0 Å². The second kappa shape index (κ2) is 7.99. The summed E-state index contributed by atoms with van der Waals surface area (Å²) in [4.78, 5) is 26.5. The fourth-order valence-corrected chi connectivity index (χ4v) is 2.73. The van der Waals surface area contributed by atoms with E-state index in [9.17, 15) is 9.59 Å². The highest BCUT2D eigenvalue weighted by atomic mass is 16.5. The van der Waals surface area contributed by atoms with Gasteiger partial charge in [-0.25, -0.2) is 0 Å². The van der Waals surface area contributed by atoms with Crippen molar-refractivity contribution in [3.63, 3.8) is 0 Å². The van der Waals surface area contributed by atoms with Crippen LogP contribution in [-0.2, 0) is 4.79 Å². The van der Waals surface area contributed by atoms with Crippen LogP contribution in [0.2, 0.25) is 0 Å². The molecule has 23 heavy (non-hydrogen) atoms. The van der Waals surface area contributed by atoms with E-state index in [0.717, 1.165) is 12.8 Å². The summed E-state index contributed by atoms with van der Waals surface area (Å²) < 4.78 is 5.16. The number of hydrogen-bond donors (Lipinski definition) is 1. The number of amides is 2. The molecule has 1 heterocycles. The molecule has 0 unspecified atom stereocenters. The molecule has 1 aliphatic heterocycles. The van der Waals surface area contributed by atoms with Crippen LogP contribution in [0.15, 0.2) is 24.3 Å². The van der Waals surface area contributed by atoms with Gasteiger partial charge in [0.2, 0.25) is 5.91 Å². The van der Waals surface area contributed by atoms with Gasteiger partial charge in [-0.1, -0.05) is 19.9 Å². The first kappa shape index (κ1) is 17.3. The number of nitrogens with one attached hydrogen (secondary N) is 1. The van der Waals surface area contributed by atoms with Gasteiger partial charge in [0.25, 0.3) is 5.91 Å². The summed E-state index contributed by atoms with van der Waals surface area (Å²) in [6, 6.07) is 7.19. The zero-order valence-electron chi connectivity index (χ0n) is 14.2. The minimum Gasteiger partial charge on any atom is -0.497 e. The molecule has 2 rings (SSSR count). The molecule has 0 bridgehead atoms. The van der Waals surface area contributed by atoms with Crippen molar-refractivity contribution < 1.29 is 14.3 Å². The molecule has 1 fully saturated rings. The van der Waals surface area contributed by atoms with Gasteiger partial charge in [-0.3, -0.25) is 9.59 Å². The van der Waals surface area contributed by atoms with Crippen molar-refractivity contribution in [2.24, 2.45) is 11.8 Å². The van der Waals surface area contributed by atoms with Gasteiger partial charge in [0.15, 0.2) is 0 Å². The van der Waals surface area contributed by atoms with Gasteiger partial charge < -0.3 is 15.0 Å². The van der Waals surface area contributed by atoms with E-state index in [1.165, 1.54) is 0 Å². The number of methoxy groups -OCH3 is 1. The molecule has 0 aromatic heterocycles. The minimum absolute atomic E-state index is 0.00457. The van der Waals surface area contributed by atoms with Gasteiger partial charge >= 0.3 is 0 Å². The lowest BCUT2D eigenvalue weighted by Gasteiger charge is -2.31. The number of hydrogen-bond acceptors (Lipinski definition) is 3. The number of piperidine rings is 1. The molecule has 0 saturated carbocycles. The first-order valence-electron chi connectivity index (χ1n) is 8.22. The van der Waals surface area contributed by atoms with Crippen LogP contribution in [0.4, 0.5) is 0 Å². The van der Waals surface area contributed by atoms with Gasteiger partial charge in [-0.2, -0.15) is 0 Å². The van der Waals surface area contributed by atoms with Gasteiger partial charge in [0.1, 0.15) is 5.75 Å². The fourth-order valence-electron chi connectivity index (χ4n) is 2.73. The van der Waals surface area contributed by atoms with Crippen LogP contribution in [0.3, 0.4) is 0 Å². The minimum atomic E-state index is 0.00457. The predicted octanol–water partition coefficient (Wildman–Crippen LogP) is 2.32. The number of likely N-dealkylation sites (tertiary alicyclic amines) is 1. The highest BCUT2D eigenvalue weighted by Gasteiger charge is 2.27. The van der Waals surface area contributed by atoms with E-state index in [0.29, 0.717) is 36.9 Å². The number of ether oxygens (including phenoxy) is 1. The third-order valence-electron chi connectivity index (χ3n) is 4.15. The molecule has 0 atom stereocenters. The van der Waals surface area contributed by atoms with Crippen molar-refractivity contribution in [2.75, 3.05) is 26.7 Å². The molecule has 0 spiro atoms. The van der Waals surface area contributed by atoms with Crippen LogP contribution in [0, 0.1) is 11.8 Å². The predicted molar refractivity (Wildman–Crippen MR) is 89.5 cm³/mol. The molecule has 1 aromatic rings. The summed E-state index contributed by atoms with van der Waals surface area (Å²) in [5, 5.41) is 2.98. The third kappa shape index (κ3) is 4.71. The Balaban J connectivity index is 1.88. The van der Waals surface area contributed by atoms with E-state index in [4.69, 9.17) is 4.74 Å². The van der Waals surface area contributed by atoms with Crippen molar-refractivity contribution in [3.05, 3.63) is 29.8 Å². The molecule has 1 saturated heterocycles. The number of benzene rings is 1. The normalized spacial score (nSPS) is 15.6. The number of rotatable bonds is 5. The molecule has 5 heteroatoms. The third-order valence-corrected chi connectivity index (χ3v) is 4.15. The van der Waals surface area contributed by atoms with Crippen LogP contribution in [0.25, 0.3) is 0 Å². The standard InChI is InChI=1S/C18H26N2O3/c1-13(2)12-19-17(21)14-7-9-20(10-8-14)18(22)15-5-4-6-16(11-15)23-3/h4-6,11,13-14H,7-10,12H2,1-3H3,(H,19,21). The highest BCUT2D eigenvalue weighted by molar-refractivity contribution is 5.94. The highest BCUT2D eigenvalue weighted by Crippen LogP contribution is 2.21. The average Bonchev–Trinajstić information content (AvgIpc) is 2.59. The van der Waals surface area contributed by atoms with E-state index < -0.39 is 0 Å². The topological polar surface area (TPSA) is 58.6 Å². The quantitative estimate of drug-likeness (QED) is 0.906. The Labute approximate surface area is 138 Å². The van der Waals surface area contributed by atoms with E-state index in [2.05, 4.69) is 19.2 Å². The van der Waals surface area contributed by atoms with Crippen molar-refractivity contribution >= 4 is 11.8 Å². The second-order valence-corrected chi connectivity index (χ2v) is 6.44. The van der Waals surface area contributed by atoms with Gasteiger partial charge in [-0.15, -0.1) is 0 Å². The zero-order chi connectivity index (χ0) is 16.8. The average molecular weight is 318 g/mol. The second-order valence-electron chi connectivity index (χ2n) is 6.44. The van der Waals surface area contributed by atoms with Crippen molar-refractivity contribution in [1.29, 1.82) is 0 Å². The lowest BCUT2D eigenvalue weighted by Crippen LogP contribution is -2.43. The maximum Gasteiger partial charge on any atom is 0.253 e. The summed E-state index contributed by atoms with van der Waals surface area (Å²) in [7, 11) is 1.59. The zero-order valence-corrected chi connectivity index (χ0v) is 14.2. The van der Waals surface area contributed by atoms with Gasteiger partial charge in [0.05, 0.1) is 7.11 Å². The van der Waals surface area contributed by atoms with E-state index >= 15 is 0 Å². The van der Waals surface area contributed by atoms with Crippen LogP contribution in [0.5, 0.6) is 5.75 Å². The molecule has 1 aliphatic rings. The van der Waals surface area contributed by atoms with Gasteiger partial charge in [0, 0.05) is 31.1 Å². The van der Waals surface area contributed by atoms with Crippen LogP contribution < -0.4 is 10.1 Å². The first-order chi connectivity index (χ1) is 11.0. The SMILES string of the molecule is COc1cccc(C(=O)N2CCC(C(=O)NCC(C)C)CC2)c1. The van der Waals surface area contributed by atoms with Crippen LogP contribution >= 0.6 is 0 Å². The Morgan fingerprint density at radius 3 is 2.61 bits per heavy atom. The summed E-state index contributed by atoms with van der Waals surface area (Å²) in [6.07, 6.45) is 1.44. The molecule has 5 nitrogen and oxygen atoms in total. The van der Waals surface area contributed by atoms with Crippen molar-refractivity contribution in [3.8, 4) is 5.75 Å². The Morgan fingerprint density at radius 1 is 1.30 bits per heavy atom. The molecule has 2 amide bonds. The molecule has 0 aliphatic carbocycles. The Kier molecular flexibility index (Phi) is 6.02. The molecule has 1 N–H and O–H groups in total. The molecule has 1 aromatic carbocycles. The Bertz CT molecular complexity index is 549. The molecular formula is C18H26N2O3. The number of nitrogens with zero attached hydrogens (tertiary/aromatic N) is 1. The van der Waals surface area contributed by atoms with Crippen molar-refractivity contribution in [2.45, 2.75) is 26.7 Å². The maximum atomic E-state index is 12.5. The Morgan fingerprint density at radius 2 is 2.00 bits per heavy atom. The van der Waals surface area contributed by atoms with Crippen LogP contribution in [0.1, 0.15) is 37.0 Å². The van der Waals surface area contributed by atoms with E-state index in [-0.39, 0.29) is 17.7 Å². The fraction of sp³-hybridized carbons (Fsp3) is 0.556. The number of carbonyl (C=O) groups is 2. The largest absolute Gasteiger partial charge is 0.497 e. The number of carbonyl (C=O) groups excluding carboxylic acids is 2. The van der Waals surface area contributed by atoms with E-state index in [1.54, 1.807) is 19.2 Å². The Hall–Kier alpha value is -2.04. The van der Waals surface area contributed by atoms with Gasteiger partial charge in [-0.05, 0) is 37.0 Å². The summed E-state index contributed by atoms with van der Waals surface area (Å²) in [5.74, 6) is 1.27. The summed E-state index contributed by atoms with van der Waals surface area (Å²) in [6.45, 7) is 6.11. The van der Waals surface area contributed by atoms with Crippen molar-refractivity contribution in [1.82, 2.24) is 10.2 Å². The van der Waals surface area contributed by atoms with Crippen LogP contribution in [-0.4, -0.2) is 43.5 Å². The molecule has 126 valence electrons. The molecule has 0 radical (unpaired) electrons. The first-order valence-corrected chi connectivity index (χ1v) is 8.22. The monoisotopic (exact) mass is 318 g/mol.